The average molecular weight is 352 g/mol. The molecular weight excluding hydrogens is 324 g/mol. The zero-order valence-electron chi connectivity index (χ0n) is 15.8. The lowest BCUT2D eigenvalue weighted by molar-refractivity contribution is -0.0637. The number of aryl methyl sites for hydroxylation is 1. The molecule has 2 aliphatic rings. The van der Waals surface area contributed by atoms with Gasteiger partial charge in [0.2, 0.25) is 0 Å². The van der Waals surface area contributed by atoms with Crippen LogP contribution in [0.1, 0.15) is 42.3 Å². The summed E-state index contributed by atoms with van der Waals surface area (Å²) in [6.07, 6.45) is 10.1. The van der Waals surface area contributed by atoms with Crippen LogP contribution in [0.4, 0.5) is 0 Å². The van der Waals surface area contributed by atoms with Crippen LogP contribution in [0.3, 0.4) is 0 Å². The summed E-state index contributed by atoms with van der Waals surface area (Å²) in [7, 11) is 4.36. The van der Waals surface area contributed by atoms with Gasteiger partial charge >= 0.3 is 0 Å². The van der Waals surface area contributed by atoms with Crippen molar-refractivity contribution in [1.29, 1.82) is 0 Å². The fourth-order valence-electron chi connectivity index (χ4n) is 4.24. The zero-order chi connectivity index (χ0) is 17.9. The molecule has 0 amide bonds. The van der Waals surface area contributed by atoms with Gasteiger partial charge in [0.1, 0.15) is 6.33 Å². The monoisotopic (exact) mass is 352 g/mol. The Labute approximate surface area is 155 Å². The van der Waals surface area contributed by atoms with Crippen molar-refractivity contribution in [3.8, 4) is 0 Å². The lowest BCUT2D eigenvalue weighted by atomic mass is 9.91. The summed E-state index contributed by atoms with van der Waals surface area (Å²) in [5.41, 5.74) is 3.72. The Morgan fingerprint density at radius 1 is 1.15 bits per heavy atom. The lowest BCUT2D eigenvalue weighted by Gasteiger charge is -2.40. The third kappa shape index (κ3) is 3.63. The van der Waals surface area contributed by atoms with Crippen molar-refractivity contribution in [2.75, 3.05) is 27.2 Å². The molecule has 0 spiro atoms. The Bertz CT molecular complexity index is 719. The highest BCUT2D eigenvalue weighted by Crippen LogP contribution is 2.35. The van der Waals surface area contributed by atoms with Gasteiger partial charge in [-0.1, -0.05) is 6.07 Å². The second-order valence-corrected chi connectivity index (χ2v) is 7.57. The molecule has 3 heterocycles. The molecule has 0 radical (unpaired) electrons. The van der Waals surface area contributed by atoms with Crippen molar-refractivity contribution >= 4 is 0 Å². The summed E-state index contributed by atoms with van der Waals surface area (Å²) in [5, 5.41) is 5.05. The van der Waals surface area contributed by atoms with Crippen LogP contribution in [0.2, 0.25) is 0 Å². The van der Waals surface area contributed by atoms with Gasteiger partial charge in [-0.3, -0.25) is 4.98 Å². The van der Waals surface area contributed by atoms with Crippen molar-refractivity contribution in [2.45, 2.75) is 44.3 Å². The minimum absolute atomic E-state index is 0.329. The fourth-order valence-corrected chi connectivity index (χ4v) is 4.24. The molecule has 4 rings (SSSR count). The number of aromatic nitrogens is 3. The summed E-state index contributed by atoms with van der Waals surface area (Å²) in [4.78, 5) is 15.7. The topological polar surface area (TPSA) is 48.4 Å². The minimum Gasteiger partial charge on any atom is -0.305 e. The molecule has 2 unspecified atom stereocenters. The normalized spacial score (nSPS) is 23.5. The first-order valence-electron chi connectivity index (χ1n) is 9.59. The summed E-state index contributed by atoms with van der Waals surface area (Å²) in [6, 6.07) is 7.26. The van der Waals surface area contributed by atoms with E-state index in [4.69, 9.17) is 4.98 Å². The number of rotatable bonds is 5. The molecule has 2 aromatic heterocycles. The predicted octanol–water partition coefficient (Wildman–Crippen LogP) is 2.30. The van der Waals surface area contributed by atoms with Gasteiger partial charge in [0.15, 0.2) is 0 Å². The van der Waals surface area contributed by atoms with E-state index in [9.17, 15) is 0 Å². The van der Waals surface area contributed by atoms with Crippen LogP contribution >= 0.6 is 0 Å². The molecule has 0 N–H and O–H groups in total. The maximum Gasteiger partial charge on any atom is 0.115 e. The molecular formula is C20H28N6. The molecule has 1 fully saturated rings. The molecule has 0 aromatic carbocycles. The number of fused-ring (bicyclic) bond motifs is 1. The SMILES string of the molecule is CN(C)C1CCN(N(Cc2ccncn2)C2CCCc3cccnc32)C1. The Morgan fingerprint density at radius 2 is 2.08 bits per heavy atom. The zero-order valence-corrected chi connectivity index (χ0v) is 15.8. The van der Waals surface area contributed by atoms with Gasteiger partial charge in [0.05, 0.1) is 24.0 Å². The molecule has 6 nitrogen and oxygen atoms in total. The summed E-state index contributed by atoms with van der Waals surface area (Å²) < 4.78 is 0. The van der Waals surface area contributed by atoms with E-state index in [2.05, 4.69) is 51.1 Å². The van der Waals surface area contributed by atoms with Gasteiger partial charge in [-0.05, 0) is 57.5 Å². The van der Waals surface area contributed by atoms with E-state index in [1.165, 1.54) is 24.1 Å². The molecule has 138 valence electrons. The Morgan fingerprint density at radius 3 is 2.85 bits per heavy atom. The number of pyridine rings is 1. The maximum absolute atomic E-state index is 4.78. The van der Waals surface area contributed by atoms with Crippen LogP contribution in [-0.4, -0.2) is 63.1 Å². The smallest absolute Gasteiger partial charge is 0.115 e. The van der Waals surface area contributed by atoms with Crippen molar-refractivity contribution < 1.29 is 0 Å². The first kappa shape index (κ1) is 17.5. The third-order valence-corrected chi connectivity index (χ3v) is 5.73. The standard InChI is InChI=1S/C20H28N6/c1-24(2)18-9-12-25(14-18)26(13-17-8-11-21-15-23-17)19-7-3-5-16-6-4-10-22-20(16)19/h4,6,8,10-11,15,18-19H,3,5,7,9,12-14H2,1-2H3. The molecule has 1 saturated heterocycles. The van der Waals surface area contributed by atoms with Crippen molar-refractivity contribution in [1.82, 2.24) is 29.9 Å². The quantitative estimate of drug-likeness (QED) is 0.823. The Balaban J connectivity index is 1.63. The summed E-state index contributed by atoms with van der Waals surface area (Å²) >= 11 is 0. The maximum atomic E-state index is 4.78. The number of nitrogens with zero attached hydrogens (tertiary/aromatic N) is 6. The second kappa shape index (κ2) is 7.78. The van der Waals surface area contributed by atoms with Gasteiger partial charge in [-0.2, -0.15) is 0 Å². The summed E-state index contributed by atoms with van der Waals surface area (Å²) in [6.45, 7) is 2.96. The highest BCUT2D eigenvalue weighted by atomic mass is 15.6. The van der Waals surface area contributed by atoms with Crippen LogP contribution < -0.4 is 0 Å². The van der Waals surface area contributed by atoms with E-state index in [0.29, 0.717) is 12.1 Å². The first-order chi connectivity index (χ1) is 12.7. The minimum atomic E-state index is 0.329. The molecule has 26 heavy (non-hydrogen) atoms. The van der Waals surface area contributed by atoms with Gasteiger partial charge in [-0.25, -0.2) is 20.0 Å². The predicted molar refractivity (Wildman–Crippen MR) is 101 cm³/mol. The third-order valence-electron chi connectivity index (χ3n) is 5.73. The van der Waals surface area contributed by atoms with Gasteiger partial charge in [0.25, 0.3) is 0 Å². The molecule has 2 atom stereocenters. The molecule has 6 heteroatoms. The molecule has 2 aromatic rings. The second-order valence-electron chi connectivity index (χ2n) is 7.57. The average Bonchev–Trinajstić information content (AvgIpc) is 3.17. The van der Waals surface area contributed by atoms with Crippen molar-refractivity contribution in [3.63, 3.8) is 0 Å². The number of hydrazine groups is 1. The number of likely N-dealkylation sites (N-methyl/N-ethyl adjacent to an activating group) is 1. The van der Waals surface area contributed by atoms with E-state index in [1.807, 2.05) is 18.5 Å². The highest BCUT2D eigenvalue weighted by Gasteiger charge is 2.35. The van der Waals surface area contributed by atoms with E-state index in [1.54, 1.807) is 6.33 Å². The largest absolute Gasteiger partial charge is 0.305 e. The van der Waals surface area contributed by atoms with E-state index in [0.717, 1.165) is 38.2 Å². The van der Waals surface area contributed by atoms with Crippen molar-refractivity contribution in [2.24, 2.45) is 0 Å². The molecule has 0 saturated carbocycles. The molecule has 0 bridgehead atoms. The number of hydrogen-bond acceptors (Lipinski definition) is 6. The van der Waals surface area contributed by atoms with Crippen LogP contribution in [0.25, 0.3) is 0 Å². The highest BCUT2D eigenvalue weighted by molar-refractivity contribution is 5.25. The molecule has 1 aliphatic carbocycles. The van der Waals surface area contributed by atoms with Crippen molar-refractivity contribution in [3.05, 3.63) is 53.9 Å². The van der Waals surface area contributed by atoms with Crippen LogP contribution in [0, 0.1) is 0 Å². The fraction of sp³-hybridized carbons (Fsp3) is 0.550. The van der Waals surface area contributed by atoms with Gasteiger partial charge < -0.3 is 4.90 Å². The Kier molecular flexibility index (Phi) is 5.24. The van der Waals surface area contributed by atoms with Gasteiger partial charge in [-0.15, -0.1) is 0 Å². The Hall–Kier alpha value is -1.89. The van der Waals surface area contributed by atoms with E-state index in [-0.39, 0.29) is 0 Å². The van der Waals surface area contributed by atoms with Gasteiger partial charge in [0, 0.05) is 31.5 Å². The van der Waals surface area contributed by atoms with Crippen LogP contribution in [0.15, 0.2) is 36.9 Å². The van der Waals surface area contributed by atoms with E-state index >= 15 is 0 Å². The number of hydrogen-bond donors (Lipinski definition) is 0. The van der Waals surface area contributed by atoms with Crippen LogP contribution in [0.5, 0.6) is 0 Å². The molecule has 1 aliphatic heterocycles. The first-order valence-corrected chi connectivity index (χ1v) is 9.59. The lowest BCUT2D eigenvalue weighted by Crippen LogP contribution is -2.46. The van der Waals surface area contributed by atoms with Crippen LogP contribution in [-0.2, 0) is 13.0 Å². The summed E-state index contributed by atoms with van der Waals surface area (Å²) in [5.74, 6) is 0. The van der Waals surface area contributed by atoms with E-state index < -0.39 is 0 Å².